The van der Waals surface area contributed by atoms with Gasteiger partial charge in [0.05, 0.1) is 7.11 Å². The summed E-state index contributed by atoms with van der Waals surface area (Å²) in [5, 5.41) is 7.04. The second kappa shape index (κ2) is 7.97. The Morgan fingerprint density at radius 2 is 1.88 bits per heavy atom. The molecule has 2 aromatic carbocycles. The molecule has 3 rings (SSSR count). The lowest BCUT2D eigenvalue weighted by molar-refractivity contribution is -0.131. The van der Waals surface area contributed by atoms with E-state index in [0.29, 0.717) is 17.1 Å². The fourth-order valence-corrected chi connectivity index (χ4v) is 2.82. The van der Waals surface area contributed by atoms with Gasteiger partial charge < -0.3 is 9.64 Å². The minimum atomic E-state index is -0.0406. The smallest absolute Gasteiger partial charge is 0.242 e. The first-order valence-corrected chi connectivity index (χ1v) is 8.57. The number of nitrogens with one attached hydrogen (secondary N) is 1. The molecule has 1 heterocycles. The number of amides is 1. The van der Waals surface area contributed by atoms with E-state index in [1.54, 1.807) is 23.6 Å². The predicted octanol–water partition coefficient (Wildman–Crippen LogP) is 3.27. The number of carbonyl (C=O) groups is 1. The molecule has 134 valence electrons. The van der Waals surface area contributed by atoms with Gasteiger partial charge >= 0.3 is 0 Å². The van der Waals surface area contributed by atoms with Crippen molar-refractivity contribution < 1.29 is 9.53 Å². The fourth-order valence-electron chi connectivity index (χ4n) is 2.63. The van der Waals surface area contributed by atoms with Crippen LogP contribution in [0.2, 0.25) is 0 Å². The van der Waals surface area contributed by atoms with Crippen LogP contribution in [-0.4, -0.2) is 39.7 Å². The number of benzene rings is 2. The molecule has 0 aliphatic rings. The van der Waals surface area contributed by atoms with Crippen LogP contribution >= 0.6 is 12.2 Å². The highest BCUT2D eigenvalue weighted by atomic mass is 32.1. The molecule has 6 nitrogen and oxygen atoms in total. The Bertz CT molecular complexity index is 932. The molecule has 0 bridgehead atoms. The number of ether oxygens (including phenoxy) is 1. The van der Waals surface area contributed by atoms with Crippen LogP contribution in [0.25, 0.3) is 11.4 Å². The average Bonchev–Trinajstić information content (AvgIpc) is 3.03. The Morgan fingerprint density at radius 1 is 1.19 bits per heavy atom. The minimum absolute atomic E-state index is 0.0406. The minimum Gasteiger partial charge on any atom is -0.497 e. The van der Waals surface area contributed by atoms with E-state index in [2.05, 4.69) is 10.2 Å². The molecule has 0 atom stereocenters. The van der Waals surface area contributed by atoms with Gasteiger partial charge in [-0.15, -0.1) is 0 Å². The first-order valence-electron chi connectivity index (χ1n) is 8.16. The van der Waals surface area contributed by atoms with Gasteiger partial charge in [-0.05, 0) is 42.0 Å². The molecule has 0 aliphatic heterocycles. The summed E-state index contributed by atoms with van der Waals surface area (Å²) in [5.41, 5.74) is 1.94. The van der Waals surface area contributed by atoms with Gasteiger partial charge in [0.1, 0.15) is 12.3 Å². The van der Waals surface area contributed by atoms with Crippen molar-refractivity contribution in [2.45, 2.75) is 13.1 Å². The SMILES string of the molecule is COc1ccc(-c2n[nH]c(=S)n2CC(=O)N(C)Cc2ccccc2)cc1. The molecule has 0 radical (unpaired) electrons. The zero-order valence-electron chi connectivity index (χ0n) is 14.7. The van der Waals surface area contributed by atoms with Crippen LogP contribution in [0, 0.1) is 4.77 Å². The quantitative estimate of drug-likeness (QED) is 0.678. The first-order chi connectivity index (χ1) is 12.6. The number of aromatic nitrogens is 3. The number of rotatable bonds is 6. The molecule has 0 unspecified atom stereocenters. The Hall–Kier alpha value is -2.93. The van der Waals surface area contributed by atoms with Crippen molar-refractivity contribution in [1.29, 1.82) is 0 Å². The van der Waals surface area contributed by atoms with Crippen molar-refractivity contribution in [3.8, 4) is 17.1 Å². The molecule has 0 aliphatic carbocycles. The van der Waals surface area contributed by atoms with E-state index < -0.39 is 0 Å². The molecular weight excluding hydrogens is 348 g/mol. The van der Waals surface area contributed by atoms with Gasteiger partial charge in [-0.25, -0.2) is 0 Å². The standard InChI is InChI=1S/C19H20N4O2S/c1-22(12-14-6-4-3-5-7-14)17(24)13-23-18(20-21-19(23)26)15-8-10-16(25-2)11-9-15/h3-11H,12-13H2,1-2H3,(H,21,26). The molecule has 0 fully saturated rings. The summed E-state index contributed by atoms with van der Waals surface area (Å²) >= 11 is 5.31. The number of nitrogens with zero attached hydrogens (tertiary/aromatic N) is 3. The molecule has 26 heavy (non-hydrogen) atoms. The van der Waals surface area contributed by atoms with Crippen molar-refractivity contribution in [1.82, 2.24) is 19.7 Å². The predicted molar refractivity (Wildman–Crippen MR) is 102 cm³/mol. The summed E-state index contributed by atoms with van der Waals surface area (Å²) in [6, 6.07) is 17.3. The summed E-state index contributed by atoms with van der Waals surface area (Å²) in [6.45, 7) is 0.669. The second-order valence-corrected chi connectivity index (χ2v) is 6.29. The van der Waals surface area contributed by atoms with Crippen LogP contribution in [0.3, 0.4) is 0 Å². The van der Waals surface area contributed by atoms with Crippen LogP contribution in [-0.2, 0) is 17.9 Å². The largest absolute Gasteiger partial charge is 0.497 e. The van der Waals surface area contributed by atoms with Gasteiger partial charge in [-0.1, -0.05) is 30.3 Å². The molecule has 3 aromatic rings. The summed E-state index contributed by atoms with van der Waals surface area (Å²) in [5.74, 6) is 1.34. The summed E-state index contributed by atoms with van der Waals surface area (Å²) < 4.78 is 7.30. The summed E-state index contributed by atoms with van der Waals surface area (Å²) in [7, 11) is 3.40. The Kier molecular flexibility index (Phi) is 5.48. The molecule has 0 spiro atoms. The molecular formula is C19H20N4O2S. The highest BCUT2D eigenvalue weighted by molar-refractivity contribution is 7.71. The Morgan fingerprint density at radius 3 is 2.54 bits per heavy atom. The van der Waals surface area contributed by atoms with E-state index >= 15 is 0 Å². The number of hydrogen-bond donors (Lipinski definition) is 1. The van der Waals surface area contributed by atoms with Gasteiger partial charge in [0, 0.05) is 19.2 Å². The maximum Gasteiger partial charge on any atom is 0.242 e. The van der Waals surface area contributed by atoms with Gasteiger partial charge in [0.25, 0.3) is 0 Å². The van der Waals surface area contributed by atoms with E-state index in [9.17, 15) is 4.79 Å². The highest BCUT2D eigenvalue weighted by Crippen LogP contribution is 2.21. The van der Waals surface area contributed by atoms with Gasteiger partial charge in [-0.2, -0.15) is 5.10 Å². The van der Waals surface area contributed by atoms with E-state index in [0.717, 1.165) is 16.9 Å². The number of likely N-dealkylation sites (N-methyl/N-ethyl adjacent to an activating group) is 1. The number of carbonyl (C=O) groups excluding carboxylic acids is 1. The number of aromatic amines is 1. The topological polar surface area (TPSA) is 63.1 Å². The second-order valence-electron chi connectivity index (χ2n) is 5.90. The van der Waals surface area contributed by atoms with Crippen molar-refractivity contribution in [3.63, 3.8) is 0 Å². The number of H-pyrrole nitrogens is 1. The lowest BCUT2D eigenvalue weighted by Crippen LogP contribution is -2.30. The van der Waals surface area contributed by atoms with E-state index in [-0.39, 0.29) is 12.5 Å². The van der Waals surface area contributed by atoms with Crippen molar-refractivity contribution in [2.24, 2.45) is 0 Å². The van der Waals surface area contributed by atoms with Crippen LogP contribution in [0.15, 0.2) is 54.6 Å². The van der Waals surface area contributed by atoms with E-state index in [1.807, 2.05) is 54.6 Å². The lowest BCUT2D eigenvalue weighted by atomic mass is 10.2. The van der Waals surface area contributed by atoms with Crippen molar-refractivity contribution in [2.75, 3.05) is 14.2 Å². The average molecular weight is 368 g/mol. The van der Waals surface area contributed by atoms with Crippen LogP contribution < -0.4 is 4.74 Å². The van der Waals surface area contributed by atoms with Gasteiger partial charge in [0.15, 0.2) is 10.6 Å². The summed E-state index contributed by atoms with van der Waals surface area (Å²) in [4.78, 5) is 14.3. The molecule has 1 aromatic heterocycles. The zero-order valence-corrected chi connectivity index (χ0v) is 15.5. The zero-order chi connectivity index (χ0) is 18.5. The van der Waals surface area contributed by atoms with Crippen LogP contribution in [0.1, 0.15) is 5.56 Å². The fraction of sp³-hybridized carbons (Fsp3) is 0.211. The van der Waals surface area contributed by atoms with Crippen molar-refractivity contribution >= 4 is 18.1 Å². The third kappa shape index (κ3) is 4.00. The Labute approximate surface area is 157 Å². The molecule has 0 saturated heterocycles. The monoisotopic (exact) mass is 368 g/mol. The number of methoxy groups -OCH3 is 1. The number of hydrogen-bond acceptors (Lipinski definition) is 4. The van der Waals surface area contributed by atoms with E-state index in [1.165, 1.54) is 0 Å². The van der Waals surface area contributed by atoms with Gasteiger partial charge in [-0.3, -0.25) is 14.5 Å². The van der Waals surface area contributed by atoms with Crippen LogP contribution in [0.4, 0.5) is 0 Å². The summed E-state index contributed by atoms with van der Waals surface area (Å²) in [6.07, 6.45) is 0. The Balaban J connectivity index is 1.78. The van der Waals surface area contributed by atoms with E-state index in [4.69, 9.17) is 17.0 Å². The maximum atomic E-state index is 12.6. The van der Waals surface area contributed by atoms with Crippen molar-refractivity contribution in [3.05, 3.63) is 64.9 Å². The van der Waals surface area contributed by atoms with Crippen LogP contribution in [0.5, 0.6) is 5.75 Å². The highest BCUT2D eigenvalue weighted by Gasteiger charge is 2.15. The molecule has 0 saturated carbocycles. The third-order valence-electron chi connectivity index (χ3n) is 4.09. The maximum absolute atomic E-state index is 12.6. The normalized spacial score (nSPS) is 10.5. The molecule has 7 heteroatoms. The van der Waals surface area contributed by atoms with Gasteiger partial charge in [0.2, 0.25) is 5.91 Å². The third-order valence-corrected chi connectivity index (χ3v) is 4.40. The molecule has 1 amide bonds. The first kappa shape index (κ1) is 17.9. The molecule has 1 N–H and O–H groups in total. The lowest BCUT2D eigenvalue weighted by Gasteiger charge is -2.18.